The number of ether oxygens (including phenoxy) is 1. The minimum atomic E-state index is -0.325. The van der Waals surface area contributed by atoms with E-state index >= 15 is 0 Å². The van der Waals surface area contributed by atoms with Crippen LogP contribution in [0, 0.1) is 11.2 Å². The van der Waals surface area contributed by atoms with Crippen LogP contribution in [0.1, 0.15) is 30.4 Å². The minimum Gasteiger partial charge on any atom is -0.494 e. The molecule has 26 heavy (non-hydrogen) atoms. The molecular weight excluding hydrogens is 329 g/mol. The van der Waals surface area contributed by atoms with Crippen LogP contribution in [0.2, 0.25) is 0 Å². The first kappa shape index (κ1) is 17.5. The third-order valence-corrected chi connectivity index (χ3v) is 6.29. The Labute approximate surface area is 154 Å². The highest BCUT2D eigenvalue weighted by Crippen LogP contribution is 2.51. The van der Waals surface area contributed by atoms with Crippen molar-refractivity contribution in [2.45, 2.75) is 44.3 Å². The second-order valence-corrected chi connectivity index (χ2v) is 7.78. The number of benzene rings is 2. The van der Waals surface area contributed by atoms with Gasteiger partial charge in [-0.15, -0.1) is 0 Å². The Balaban J connectivity index is 1.56. The van der Waals surface area contributed by atoms with Gasteiger partial charge in [0.2, 0.25) is 0 Å². The predicted octanol–water partition coefficient (Wildman–Crippen LogP) is 3.79. The molecular formula is C22H26FNO2. The Hall–Kier alpha value is -1.91. The molecule has 3 nitrogen and oxygen atoms in total. The highest BCUT2D eigenvalue weighted by atomic mass is 19.1. The van der Waals surface area contributed by atoms with E-state index in [-0.39, 0.29) is 17.8 Å². The molecule has 2 heterocycles. The molecule has 0 radical (unpaired) electrons. The molecule has 2 aliphatic heterocycles. The number of nitrogens with zero attached hydrogens (tertiary/aromatic N) is 1. The molecule has 2 fully saturated rings. The summed E-state index contributed by atoms with van der Waals surface area (Å²) in [4.78, 5) is 2.52. The lowest BCUT2D eigenvalue weighted by atomic mass is 9.70. The fraction of sp³-hybridized carbons (Fsp3) is 0.455. The van der Waals surface area contributed by atoms with Crippen LogP contribution in [0.5, 0.6) is 5.75 Å². The molecule has 2 bridgehead atoms. The normalized spacial score (nSPS) is 27.8. The van der Waals surface area contributed by atoms with Crippen LogP contribution in [0.4, 0.5) is 4.39 Å². The van der Waals surface area contributed by atoms with Crippen LogP contribution in [0.15, 0.2) is 48.5 Å². The van der Waals surface area contributed by atoms with Gasteiger partial charge in [-0.25, -0.2) is 4.39 Å². The molecule has 2 aliphatic rings. The molecule has 2 aromatic rings. The number of hydrogen-bond donors (Lipinski definition) is 1. The molecule has 4 rings (SSSR count). The lowest BCUT2D eigenvalue weighted by molar-refractivity contribution is 0.0750. The van der Waals surface area contributed by atoms with Crippen molar-refractivity contribution >= 4 is 0 Å². The van der Waals surface area contributed by atoms with Crippen molar-refractivity contribution in [3.8, 4) is 5.75 Å². The average Bonchev–Trinajstić information content (AvgIpc) is 3.18. The lowest BCUT2D eigenvalue weighted by Gasteiger charge is -2.36. The fourth-order valence-electron chi connectivity index (χ4n) is 5.09. The summed E-state index contributed by atoms with van der Waals surface area (Å²) in [6.45, 7) is 0.995. The monoisotopic (exact) mass is 355 g/mol. The van der Waals surface area contributed by atoms with Crippen LogP contribution < -0.4 is 4.74 Å². The molecule has 3 atom stereocenters. The topological polar surface area (TPSA) is 32.7 Å². The third kappa shape index (κ3) is 3.01. The summed E-state index contributed by atoms with van der Waals surface area (Å²) in [5.74, 6) is -0.0267. The maximum atomic E-state index is 13.7. The Bertz CT molecular complexity index is 766. The second-order valence-electron chi connectivity index (χ2n) is 7.78. The standard InChI is InChI=1S/C22H26FNO2/c1-26-20-11-17(7-9-19(20)23)14-24-18-8-10-21(24)22(13-18,15-25)12-16-5-3-2-4-6-16/h2-7,9,11,18,21,25H,8,10,12-15H2,1H3/t18-,21+,22-/m0/s1. The second kappa shape index (κ2) is 7.01. The van der Waals surface area contributed by atoms with Gasteiger partial charge in [-0.1, -0.05) is 36.4 Å². The number of methoxy groups -OCH3 is 1. The molecule has 2 saturated heterocycles. The van der Waals surface area contributed by atoms with Crippen LogP contribution in [-0.2, 0) is 13.0 Å². The molecule has 0 aromatic heterocycles. The summed E-state index contributed by atoms with van der Waals surface area (Å²) in [7, 11) is 1.50. The van der Waals surface area contributed by atoms with E-state index in [0.29, 0.717) is 17.8 Å². The Morgan fingerprint density at radius 2 is 1.96 bits per heavy atom. The quantitative estimate of drug-likeness (QED) is 0.856. The van der Waals surface area contributed by atoms with E-state index in [4.69, 9.17) is 4.74 Å². The zero-order chi connectivity index (χ0) is 18.1. The summed E-state index contributed by atoms with van der Waals surface area (Å²) >= 11 is 0. The first-order chi connectivity index (χ1) is 12.6. The molecule has 2 aromatic carbocycles. The van der Waals surface area contributed by atoms with E-state index in [0.717, 1.165) is 31.4 Å². The maximum absolute atomic E-state index is 13.7. The number of aliphatic hydroxyl groups excluding tert-OH is 1. The van der Waals surface area contributed by atoms with Crippen molar-refractivity contribution < 1.29 is 14.2 Å². The smallest absolute Gasteiger partial charge is 0.165 e. The number of rotatable bonds is 6. The molecule has 0 saturated carbocycles. The van der Waals surface area contributed by atoms with E-state index in [1.54, 1.807) is 6.07 Å². The van der Waals surface area contributed by atoms with Gasteiger partial charge in [-0.3, -0.25) is 4.90 Å². The van der Waals surface area contributed by atoms with Crippen molar-refractivity contribution in [3.05, 3.63) is 65.5 Å². The van der Waals surface area contributed by atoms with Gasteiger partial charge in [-0.2, -0.15) is 0 Å². The SMILES string of the molecule is COc1cc(CN2[C@H]3CC[C@@H]2[C@@](CO)(Cc2ccccc2)C3)ccc1F. The summed E-state index contributed by atoms with van der Waals surface area (Å²) in [5, 5.41) is 10.3. The van der Waals surface area contributed by atoms with Gasteiger partial charge in [0.25, 0.3) is 0 Å². The van der Waals surface area contributed by atoms with Crippen LogP contribution in [0.3, 0.4) is 0 Å². The number of fused-ring (bicyclic) bond motifs is 2. The van der Waals surface area contributed by atoms with Gasteiger partial charge >= 0.3 is 0 Å². The largest absolute Gasteiger partial charge is 0.494 e. The van der Waals surface area contributed by atoms with E-state index in [1.807, 2.05) is 12.1 Å². The van der Waals surface area contributed by atoms with Crippen molar-refractivity contribution in [3.63, 3.8) is 0 Å². The maximum Gasteiger partial charge on any atom is 0.165 e. The van der Waals surface area contributed by atoms with Gasteiger partial charge in [0.1, 0.15) is 0 Å². The lowest BCUT2D eigenvalue weighted by Crippen LogP contribution is -2.41. The summed E-state index contributed by atoms with van der Waals surface area (Å²) in [5.41, 5.74) is 2.28. The average molecular weight is 355 g/mol. The predicted molar refractivity (Wildman–Crippen MR) is 99.6 cm³/mol. The van der Waals surface area contributed by atoms with E-state index in [2.05, 4.69) is 29.2 Å². The van der Waals surface area contributed by atoms with E-state index < -0.39 is 0 Å². The van der Waals surface area contributed by atoms with E-state index in [9.17, 15) is 9.50 Å². The molecule has 0 aliphatic carbocycles. The van der Waals surface area contributed by atoms with E-state index in [1.165, 1.54) is 25.2 Å². The van der Waals surface area contributed by atoms with Crippen molar-refractivity contribution in [2.24, 2.45) is 5.41 Å². The van der Waals surface area contributed by atoms with Crippen molar-refractivity contribution in [1.29, 1.82) is 0 Å². The molecule has 0 unspecified atom stereocenters. The summed E-state index contributed by atoms with van der Waals surface area (Å²) < 4.78 is 18.8. The first-order valence-corrected chi connectivity index (χ1v) is 9.38. The van der Waals surface area contributed by atoms with Crippen LogP contribution >= 0.6 is 0 Å². The summed E-state index contributed by atoms with van der Waals surface area (Å²) in [6.07, 6.45) is 4.24. The highest BCUT2D eigenvalue weighted by molar-refractivity contribution is 5.31. The van der Waals surface area contributed by atoms with Crippen molar-refractivity contribution in [1.82, 2.24) is 4.90 Å². The Morgan fingerprint density at radius 1 is 1.15 bits per heavy atom. The fourth-order valence-corrected chi connectivity index (χ4v) is 5.09. The van der Waals surface area contributed by atoms with Gasteiger partial charge in [0.05, 0.1) is 13.7 Å². The van der Waals surface area contributed by atoms with Crippen LogP contribution in [-0.4, -0.2) is 35.8 Å². The molecule has 4 heteroatoms. The van der Waals surface area contributed by atoms with Gasteiger partial charge in [-0.05, 0) is 48.9 Å². The zero-order valence-electron chi connectivity index (χ0n) is 15.2. The van der Waals surface area contributed by atoms with Gasteiger partial charge < -0.3 is 9.84 Å². The van der Waals surface area contributed by atoms with Crippen LogP contribution in [0.25, 0.3) is 0 Å². The van der Waals surface area contributed by atoms with Crippen molar-refractivity contribution in [2.75, 3.05) is 13.7 Å². The zero-order valence-corrected chi connectivity index (χ0v) is 15.2. The number of halogens is 1. The van der Waals surface area contributed by atoms with Gasteiger partial charge in [0.15, 0.2) is 11.6 Å². The molecule has 1 N–H and O–H groups in total. The third-order valence-electron chi connectivity index (χ3n) is 6.29. The molecule has 0 amide bonds. The highest BCUT2D eigenvalue weighted by Gasteiger charge is 2.55. The summed E-state index contributed by atoms with van der Waals surface area (Å²) in [6, 6.07) is 16.4. The Morgan fingerprint density at radius 3 is 2.69 bits per heavy atom. The van der Waals surface area contributed by atoms with Gasteiger partial charge in [0, 0.05) is 24.0 Å². The Kier molecular flexibility index (Phi) is 4.72. The number of aliphatic hydroxyl groups is 1. The first-order valence-electron chi connectivity index (χ1n) is 9.38. The molecule has 0 spiro atoms. The molecule has 138 valence electrons. The number of hydrogen-bond acceptors (Lipinski definition) is 3. The minimum absolute atomic E-state index is 0.0750.